The largest absolute Gasteiger partial charge is 0.443 e. The topological polar surface area (TPSA) is 80.3 Å². The Morgan fingerprint density at radius 1 is 1.16 bits per heavy atom. The highest BCUT2D eigenvalue weighted by atomic mass is 19.1. The molecule has 1 unspecified atom stereocenters. The third-order valence-electron chi connectivity index (χ3n) is 4.75. The second kappa shape index (κ2) is 8.81. The maximum atomic E-state index is 15.1. The molecule has 1 amide bonds. The Labute approximate surface area is 180 Å². The average molecular weight is 423 g/mol. The number of hydrogen-bond donors (Lipinski definition) is 2. The van der Waals surface area contributed by atoms with E-state index in [-0.39, 0.29) is 11.3 Å². The number of ether oxygens (including phenoxy) is 1. The first kappa shape index (κ1) is 22.4. The van der Waals surface area contributed by atoms with Gasteiger partial charge in [-0.25, -0.2) is 14.6 Å². The molecule has 7 heteroatoms. The van der Waals surface area contributed by atoms with Crippen LogP contribution in [-0.2, 0) is 4.74 Å². The van der Waals surface area contributed by atoms with E-state index >= 15 is 4.39 Å². The van der Waals surface area contributed by atoms with Crippen molar-refractivity contribution in [2.45, 2.75) is 46.3 Å². The highest BCUT2D eigenvalue weighted by molar-refractivity contribution is 6.17. The van der Waals surface area contributed by atoms with Gasteiger partial charge in [0, 0.05) is 29.4 Å². The zero-order valence-electron chi connectivity index (χ0n) is 18.2. The molecule has 6 nitrogen and oxygen atoms in total. The fourth-order valence-electron chi connectivity index (χ4n) is 3.32. The van der Waals surface area contributed by atoms with Crippen molar-refractivity contribution >= 4 is 22.6 Å². The molecule has 0 fully saturated rings. The molecule has 0 bridgehead atoms. The Hall–Kier alpha value is -3.32. The van der Waals surface area contributed by atoms with Crippen molar-refractivity contribution < 1.29 is 18.7 Å². The molecule has 0 saturated heterocycles. The maximum Gasteiger partial charge on any atom is 0.422 e. The molecule has 2 aromatic carbocycles. The van der Waals surface area contributed by atoms with Crippen molar-refractivity contribution in [2.75, 3.05) is 0 Å². The minimum absolute atomic E-state index is 0.0281. The highest BCUT2D eigenvalue weighted by Crippen LogP contribution is 2.26. The number of benzene rings is 2. The number of pyridine rings is 1. The fraction of sp³-hybridized carbons (Fsp3) is 0.292. The minimum atomic E-state index is -0.631. The molecule has 0 aliphatic heterocycles. The van der Waals surface area contributed by atoms with Crippen LogP contribution in [0.5, 0.6) is 0 Å². The lowest BCUT2D eigenvalue weighted by Crippen LogP contribution is -2.42. The smallest absolute Gasteiger partial charge is 0.422 e. The predicted octanol–water partition coefficient (Wildman–Crippen LogP) is 5.00. The number of aryl methyl sites for hydroxylation is 1. The van der Waals surface area contributed by atoms with Crippen LogP contribution in [0.25, 0.3) is 10.8 Å². The molecule has 1 heterocycles. The molecule has 3 rings (SSSR count). The van der Waals surface area contributed by atoms with Gasteiger partial charge in [-0.3, -0.25) is 15.2 Å². The van der Waals surface area contributed by atoms with Gasteiger partial charge in [-0.05, 0) is 63.3 Å². The van der Waals surface area contributed by atoms with Crippen LogP contribution < -0.4 is 10.9 Å². The van der Waals surface area contributed by atoms with Crippen LogP contribution in [0.1, 0.15) is 60.8 Å². The van der Waals surface area contributed by atoms with Crippen LogP contribution in [-0.4, -0.2) is 22.5 Å². The summed E-state index contributed by atoms with van der Waals surface area (Å²) in [7, 11) is 0. The molecule has 162 valence electrons. The van der Waals surface area contributed by atoms with Crippen molar-refractivity contribution in [3.63, 3.8) is 0 Å². The van der Waals surface area contributed by atoms with Gasteiger partial charge >= 0.3 is 6.09 Å². The summed E-state index contributed by atoms with van der Waals surface area (Å²) in [5, 5.41) is 1.54. The summed E-state index contributed by atoms with van der Waals surface area (Å²) < 4.78 is 20.2. The van der Waals surface area contributed by atoms with Crippen LogP contribution in [0.3, 0.4) is 0 Å². The number of fused-ring (bicyclic) bond motifs is 1. The van der Waals surface area contributed by atoms with Gasteiger partial charge < -0.3 is 4.74 Å². The SMILES string of the molecule is Cc1cc(C(C)NNC(=O)OC(C)(C)C)cc(F)c1C(=O)c1cccc2cnccc12. The lowest BCUT2D eigenvalue weighted by Gasteiger charge is -2.22. The van der Waals surface area contributed by atoms with Crippen molar-refractivity contribution in [1.82, 2.24) is 15.8 Å². The molecular weight excluding hydrogens is 397 g/mol. The van der Waals surface area contributed by atoms with E-state index in [2.05, 4.69) is 15.8 Å². The zero-order chi connectivity index (χ0) is 22.8. The number of aromatic nitrogens is 1. The van der Waals surface area contributed by atoms with E-state index in [4.69, 9.17) is 4.74 Å². The van der Waals surface area contributed by atoms with Gasteiger partial charge in [-0.1, -0.05) is 24.3 Å². The number of carbonyl (C=O) groups excluding carboxylic acids is 2. The first-order chi connectivity index (χ1) is 14.6. The van der Waals surface area contributed by atoms with Gasteiger partial charge in [0.2, 0.25) is 0 Å². The number of rotatable bonds is 5. The van der Waals surface area contributed by atoms with Gasteiger partial charge in [0.05, 0.1) is 5.56 Å². The number of hydrogen-bond acceptors (Lipinski definition) is 5. The van der Waals surface area contributed by atoms with Crippen LogP contribution in [0, 0.1) is 12.7 Å². The average Bonchev–Trinajstić information content (AvgIpc) is 2.69. The Morgan fingerprint density at radius 2 is 1.90 bits per heavy atom. The Bertz CT molecular complexity index is 1110. The van der Waals surface area contributed by atoms with Crippen molar-refractivity contribution in [3.05, 3.63) is 76.9 Å². The van der Waals surface area contributed by atoms with Crippen LogP contribution in [0.15, 0.2) is 48.8 Å². The van der Waals surface area contributed by atoms with E-state index in [9.17, 15) is 9.59 Å². The van der Waals surface area contributed by atoms with E-state index in [0.717, 1.165) is 10.8 Å². The molecule has 0 aliphatic carbocycles. The molecule has 1 aromatic heterocycles. The number of nitrogens with one attached hydrogen (secondary N) is 2. The van der Waals surface area contributed by atoms with Gasteiger partial charge in [-0.15, -0.1) is 0 Å². The van der Waals surface area contributed by atoms with Crippen molar-refractivity contribution in [3.8, 4) is 0 Å². The van der Waals surface area contributed by atoms with Gasteiger partial charge in [0.25, 0.3) is 0 Å². The number of amides is 1. The summed E-state index contributed by atoms with van der Waals surface area (Å²) in [6.07, 6.45) is 2.65. The lowest BCUT2D eigenvalue weighted by molar-refractivity contribution is 0.0489. The van der Waals surface area contributed by atoms with Crippen molar-refractivity contribution in [1.29, 1.82) is 0 Å². The van der Waals surface area contributed by atoms with Crippen LogP contribution >= 0.6 is 0 Å². The molecule has 0 aliphatic rings. The van der Waals surface area contributed by atoms with Gasteiger partial charge in [0.15, 0.2) is 5.78 Å². The van der Waals surface area contributed by atoms with E-state index in [1.54, 1.807) is 71.3 Å². The Balaban J connectivity index is 1.83. The first-order valence-electron chi connectivity index (χ1n) is 9.99. The third kappa shape index (κ3) is 5.24. The van der Waals surface area contributed by atoms with Gasteiger partial charge in [-0.2, -0.15) is 0 Å². The summed E-state index contributed by atoms with van der Waals surface area (Å²) >= 11 is 0. The van der Waals surface area contributed by atoms with E-state index in [1.165, 1.54) is 6.07 Å². The van der Waals surface area contributed by atoms with Crippen LogP contribution in [0.2, 0.25) is 0 Å². The second-order valence-electron chi connectivity index (χ2n) is 8.42. The molecule has 3 aromatic rings. The first-order valence-corrected chi connectivity index (χ1v) is 9.99. The third-order valence-corrected chi connectivity index (χ3v) is 4.75. The molecular formula is C24H26FN3O3. The van der Waals surface area contributed by atoms with Gasteiger partial charge in [0.1, 0.15) is 11.4 Å². The second-order valence-corrected chi connectivity index (χ2v) is 8.42. The summed E-state index contributed by atoms with van der Waals surface area (Å²) in [4.78, 5) is 29.1. The van der Waals surface area contributed by atoms with Crippen LogP contribution in [0.4, 0.5) is 9.18 Å². The number of ketones is 1. The molecule has 0 saturated carbocycles. The molecule has 2 N–H and O–H groups in total. The summed E-state index contributed by atoms with van der Waals surface area (Å²) in [6.45, 7) is 8.75. The predicted molar refractivity (Wildman–Crippen MR) is 117 cm³/mol. The standard InChI is InChI=1S/C24H26FN3O3/c1-14-11-17(15(2)27-28-23(30)31-24(3,4)5)12-20(25)21(14)22(29)19-8-6-7-16-13-26-10-9-18(16)19/h6-13,15,27H,1-5H3,(H,28,30). The number of halogens is 1. The Kier molecular flexibility index (Phi) is 6.36. The van der Waals surface area contributed by atoms with E-state index in [1.807, 2.05) is 6.07 Å². The fourth-order valence-corrected chi connectivity index (χ4v) is 3.32. The number of nitrogens with zero attached hydrogens (tertiary/aromatic N) is 1. The van der Waals surface area contributed by atoms with E-state index < -0.39 is 23.6 Å². The normalized spacial score (nSPS) is 12.5. The molecule has 0 spiro atoms. The van der Waals surface area contributed by atoms with Crippen molar-refractivity contribution in [2.24, 2.45) is 0 Å². The minimum Gasteiger partial charge on any atom is -0.443 e. The highest BCUT2D eigenvalue weighted by Gasteiger charge is 2.22. The zero-order valence-corrected chi connectivity index (χ0v) is 18.2. The monoisotopic (exact) mass is 423 g/mol. The maximum absolute atomic E-state index is 15.1. The number of carbonyl (C=O) groups is 2. The lowest BCUT2D eigenvalue weighted by atomic mass is 9.93. The number of hydrazine groups is 1. The summed E-state index contributed by atoms with van der Waals surface area (Å²) in [5.41, 5.74) is 6.17. The quantitative estimate of drug-likeness (QED) is 0.446. The summed E-state index contributed by atoms with van der Waals surface area (Å²) in [6, 6.07) is 9.68. The Morgan fingerprint density at radius 3 is 2.58 bits per heavy atom. The summed E-state index contributed by atoms with van der Waals surface area (Å²) in [5.74, 6) is -0.997. The molecule has 31 heavy (non-hydrogen) atoms. The molecule has 1 atom stereocenters. The molecule has 0 radical (unpaired) electrons. The van der Waals surface area contributed by atoms with E-state index in [0.29, 0.717) is 16.7 Å².